The van der Waals surface area contributed by atoms with Crippen LogP contribution in [0.3, 0.4) is 0 Å². The van der Waals surface area contributed by atoms with Gasteiger partial charge in [-0.1, -0.05) is 6.07 Å². The summed E-state index contributed by atoms with van der Waals surface area (Å²) in [6.07, 6.45) is 3.35. The maximum atomic E-state index is 12.1. The van der Waals surface area contributed by atoms with E-state index >= 15 is 0 Å². The van der Waals surface area contributed by atoms with Gasteiger partial charge in [-0.15, -0.1) is 0 Å². The minimum Gasteiger partial charge on any atom is -0.493 e. The number of carbonyl (C=O) groups is 1. The first kappa shape index (κ1) is 15.3. The average Bonchev–Trinajstić information content (AvgIpc) is 2.52. The molecular formula is C15H21N3O3. The number of nitrogens with zero attached hydrogens (tertiary/aromatic N) is 2. The molecule has 0 aliphatic carbocycles. The van der Waals surface area contributed by atoms with Crippen molar-refractivity contribution in [1.82, 2.24) is 9.91 Å². The lowest BCUT2D eigenvalue weighted by atomic mass is 10.2. The molecule has 1 saturated heterocycles. The lowest BCUT2D eigenvalue weighted by molar-refractivity contribution is -0.127. The summed E-state index contributed by atoms with van der Waals surface area (Å²) < 4.78 is 10.4. The summed E-state index contributed by atoms with van der Waals surface area (Å²) in [5.74, 6) is 6.98. The van der Waals surface area contributed by atoms with Gasteiger partial charge in [-0.3, -0.25) is 10.6 Å². The van der Waals surface area contributed by atoms with Crippen molar-refractivity contribution in [3.8, 4) is 11.5 Å². The van der Waals surface area contributed by atoms with E-state index in [0.717, 1.165) is 5.56 Å². The summed E-state index contributed by atoms with van der Waals surface area (Å²) in [6, 6.07) is 5.53. The van der Waals surface area contributed by atoms with Crippen LogP contribution >= 0.6 is 0 Å². The second-order valence-electron chi connectivity index (χ2n) is 4.81. The molecule has 1 aliphatic heterocycles. The normalized spacial score (nSPS) is 16.2. The summed E-state index contributed by atoms with van der Waals surface area (Å²) in [5.41, 5.74) is 0.887. The molecule has 2 N–H and O–H groups in total. The van der Waals surface area contributed by atoms with Gasteiger partial charge in [0.25, 0.3) is 0 Å². The van der Waals surface area contributed by atoms with Gasteiger partial charge in [-0.2, -0.15) is 0 Å². The van der Waals surface area contributed by atoms with E-state index in [-0.39, 0.29) is 5.91 Å². The van der Waals surface area contributed by atoms with Crippen LogP contribution < -0.4 is 15.3 Å². The number of rotatable bonds is 4. The highest BCUT2D eigenvalue weighted by Crippen LogP contribution is 2.27. The van der Waals surface area contributed by atoms with E-state index in [4.69, 9.17) is 15.3 Å². The first-order valence-corrected chi connectivity index (χ1v) is 6.82. The molecule has 0 saturated carbocycles. The largest absolute Gasteiger partial charge is 0.493 e. The van der Waals surface area contributed by atoms with Crippen molar-refractivity contribution in [2.75, 3.05) is 40.4 Å². The first-order valence-electron chi connectivity index (χ1n) is 6.82. The van der Waals surface area contributed by atoms with Crippen LogP contribution in [0.1, 0.15) is 5.56 Å². The Morgan fingerprint density at radius 3 is 2.43 bits per heavy atom. The van der Waals surface area contributed by atoms with Crippen molar-refractivity contribution >= 4 is 12.0 Å². The Hall–Kier alpha value is -2.05. The quantitative estimate of drug-likeness (QED) is 0.654. The molecule has 0 unspecified atom stereocenters. The minimum atomic E-state index is -0.00196. The molecule has 1 aromatic carbocycles. The zero-order chi connectivity index (χ0) is 15.2. The van der Waals surface area contributed by atoms with Crippen molar-refractivity contribution < 1.29 is 14.3 Å². The van der Waals surface area contributed by atoms with Gasteiger partial charge in [0.15, 0.2) is 11.5 Å². The van der Waals surface area contributed by atoms with Crippen LogP contribution in [0.5, 0.6) is 11.5 Å². The van der Waals surface area contributed by atoms with Gasteiger partial charge in [0.05, 0.1) is 14.2 Å². The van der Waals surface area contributed by atoms with Crippen LogP contribution in [0.15, 0.2) is 24.3 Å². The molecule has 1 aliphatic rings. The molecule has 0 bridgehead atoms. The molecule has 21 heavy (non-hydrogen) atoms. The third-order valence-corrected chi connectivity index (χ3v) is 3.45. The van der Waals surface area contributed by atoms with E-state index in [1.54, 1.807) is 36.3 Å². The average molecular weight is 291 g/mol. The van der Waals surface area contributed by atoms with Crippen LogP contribution in [0, 0.1) is 0 Å². The molecule has 0 radical (unpaired) electrons. The molecule has 0 spiro atoms. The van der Waals surface area contributed by atoms with Crippen molar-refractivity contribution in [3.63, 3.8) is 0 Å². The van der Waals surface area contributed by atoms with Crippen LogP contribution in [-0.4, -0.2) is 56.2 Å². The predicted molar refractivity (Wildman–Crippen MR) is 80.9 cm³/mol. The van der Waals surface area contributed by atoms with Gasteiger partial charge in [-0.05, 0) is 23.8 Å². The zero-order valence-electron chi connectivity index (χ0n) is 12.4. The third kappa shape index (κ3) is 3.96. The Labute approximate surface area is 124 Å². The SMILES string of the molecule is COc1ccc(/C=C/C(=O)N2CCN(N)CC2)cc1OC. The van der Waals surface area contributed by atoms with Crippen molar-refractivity contribution in [2.24, 2.45) is 5.84 Å². The summed E-state index contributed by atoms with van der Waals surface area (Å²) in [6.45, 7) is 2.73. The smallest absolute Gasteiger partial charge is 0.246 e. The van der Waals surface area contributed by atoms with Gasteiger partial charge in [0.1, 0.15) is 0 Å². The van der Waals surface area contributed by atoms with Crippen LogP contribution in [0.25, 0.3) is 6.08 Å². The number of hydrogen-bond acceptors (Lipinski definition) is 5. The molecule has 0 atom stereocenters. The highest BCUT2D eigenvalue weighted by molar-refractivity contribution is 5.92. The minimum absolute atomic E-state index is 0.00196. The number of benzene rings is 1. The highest BCUT2D eigenvalue weighted by atomic mass is 16.5. The van der Waals surface area contributed by atoms with Crippen molar-refractivity contribution in [3.05, 3.63) is 29.8 Å². The number of methoxy groups -OCH3 is 2. The number of ether oxygens (including phenoxy) is 2. The second-order valence-corrected chi connectivity index (χ2v) is 4.81. The van der Waals surface area contributed by atoms with E-state index < -0.39 is 0 Å². The molecule has 6 heteroatoms. The standard InChI is InChI=1S/C15H21N3O3/c1-20-13-5-3-12(11-14(13)21-2)4-6-15(19)17-7-9-18(16)10-8-17/h3-6,11H,7-10,16H2,1-2H3/b6-4+. The van der Waals surface area contributed by atoms with Gasteiger partial charge in [0.2, 0.25) is 5.91 Å². The maximum Gasteiger partial charge on any atom is 0.246 e. The highest BCUT2D eigenvalue weighted by Gasteiger charge is 2.17. The monoisotopic (exact) mass is 291 g/mol. The Balaban J connectivity index is 2.02. The maximum absolute atomic E-state index is 12.1. The van der Waals surface area contributed by atoms with E-state index in [1.807, 2.05) is 18.2 Å². The molecule has 1 amide bonds. The number of nitrogens with two attached hydrogens (primary N) is 1. The fourth-order valence-electron chi connectivity index (χ4n) is 2.17. The van der Waals surface area contributed by atoms with Gasteiger partial charge >= 0.3 is 0 Å². The fraction of sp³-hybridized carbons (Fsp3) is 0.400. The lowest BCUT2D eigenvalue weighted by Gasteiger charge is -2.31. The van der Waals surface area contributed by atoms with Crippen LogP contribution in [0.4, 0.5) is 0 Å². The third-order valence-electron chi connectivity index (χ3n) is 3.45. The van der Waals surface area contributed by atoms with Crippen LogP contribution in [0.2, 0.25) is 0 Å². The summed E-state index contributed by atoms with van der Waals surface area (Å²) in [5, 5.41) is 1.72. The Kier molecular flexibility index (Phi) is 5.19. The first-order chi connectivity index (χ1) is 10.1. The topological polar surface area (TPSA) is 68.0 Å². The van der Waals surface area contributed by atoms with Gasteiger partial charge in [0, 0.05) is 32.3 Å². The number of carbonyl (C=O) groups excluding carboxylic acids is 1. The zero-order valence-corrected chi connectivity index (χ0v) is 12.4. The number of amides is 1. The molecule has 2 rings (SSSR count). The van der Waals surface area contributed by atoms with Gasteiger partial charge < -0.3 is 14.4 Å². The Morgan fingerprint density at radius 1 is 1.14 bits per heavy atom. The molecule has 1 heterocycles. The predicted octanol–water partition coefficient (Wildman–Crippen LogP) is 0.735. The summed E-state index contributed by atoms with van der Waals surface area (Å²) in [7, 11) is 3.18. The Morgan fingerprint density at radius 2 is 1.81 bits per heavy atom. The number of piperazine rings is 1. The van der Waals surface area contributed by atoms with Crippen LogP contribution in [-0.2, 0) is 4.79 Å². The van der Waals surface area contributed by atoms with E-state index in [0.29, 0.717) is 37.7 Å². The number of hydrazine groups is 1. The molecule has 1 aromatic rings. The molecule has 1 fully saturated rings. The van der Waals surface area contributed by atoms with Gasteiger partial charge in [-0.25, -0.2) is 5.01 Å². The number of hydrogen-bond donors (Lipinski definition) is 1. The molecular weight excluding hydrogens is 270 g/mol. The summed E-state index contributed by atoms with van der Waals surface area (Å²) in [4.78, 5) is 13.9. The van der Waals surface area contributed by atoms with Crippen molar-refractivity contribution in [2.45, 2.75) is 0 Å². The van der Waals surface area contributed by atoms with E-state index in [2.05, 4.69) is 0 Å². The van der Waals surface area contributed by atoms with E-state index in [1.165, 1.54) is 0 Å². The van der Waals surface area contributed by atoms with Crippen molar-refractivity contribution in [1.29, 1.82) is 0 Å². The Bertz CT molecular complexity index is 523. The fourth-order valence-corrected chi connectivity index (χ4v) is 2.17. The molecule has 114 valence electrons. The van der Waals surface area contributed by atoms with E-state index in [9.17, 15) is 4.79 Å². The molecule has 6 nitrogen and oxygen atoms in total. The summed E-state index contributed by atoms with van der Waals surface area (Å²) >= 11 is 0. The second kappa shape index (κ2) is 7.10. The lowest BCUT2D eigenvalue weighted by Crippen LogP contribution is -2.50. The molecule has 0 aromatic heterocycles.